The molecule has 0 bridgehead atoms. The van der Waals surface area contributed by atoms with Crippen LogP contribution in [0.4, 0.5) is 11.5 Å². The highest BCUT2D eigenvalue weighted by Gasteiger charge is 2.30. The van der Waals surface area contributed by atoms with Gasteiger partial charge in [0.2, 0.25) is 0 Å². The molecule has 9 heteroatoms. The minimum atomic E-state index is -0.687. The number of methoxy groups -OCH3 is 1. The Labute approximate surface area is 129 Å². The summed E-state index contributed by atoms with van der Waals surface area (Å²) in [5.74, 6) is 0.102. The van der Waals surface area contributed by atoms with Crippen molar-refractivity contribution in [1.82, 2.24) is 4.98 Å². The number of esters is 1. The first-order chi connectivity index (χ1) is 9.95. The number of morpholine rings is 1. The van der Waals surface area contributed by atoms with E-state index in [2.05, 4.69) is 25.7 Å². The zero-order chi connectivity index (χ0) is 15.6. The van der Waals surface area contributed by atoms with Gasteiger partial charge in [0.25, 0.3) is 5.69 Å². The van der Waals surface area contributed by atoms with E-state index in [1.807, 2.05) is 4.90 Å². The van der Waals surface area contributed by atoms with Gasteiger partial charge >= 0.3 is 5.97 Å². The van der Waals surface area contributed by atoms with Crippen LogP contribution >= 0.6 is 15.9 Å². The number of ether oxygens (including phenoxy) is 2. The molecular weight excluding hydrogens is 346 g/mol. The molecule has 1 aliphatic heterocycles. The Bertz CT molecular complexity index is 580. The van der Waals surface area contributed by atoms with Crippen molar-refractivity contribution in [3.63, 3.8) is 0 Å². The minimum absolute atomic E-state index is 0.0524. The molecule has 1 aromatic heterocycles. The molecule has 0 saturated carbocycles. The van der Waals surface area contributed by atoms with Gasteiger partial charge in [0.1, 0.15) is 12.0 Å². The third-order valence-corrected chi connectivity index (χ3v) is 4.20. The fraction of sp³-hybridized carbons (Fsp3) is 0.500. The van der Waals surface area contributed by atoms with Crippen LogP contribution < -0.4 is 4.90 Å². The van der Waals surface area contributed by atoms with Gasteiger partial charge in [-0.05, 0) is 22.9 Å². The second kappa shape index (κ2) is 6.35. The maximum Gasteiger partial charge on any atom is 0.336 e. The first-order valence-corrected chi connectivity index (χ1v) is 6.99. The molecule has 21 heavy (non-hydrogen) atoms. The highest BCUT2D eigenvalue weighted by molar-refractivity contribution is 9.10. The van der Waals surface area contributed by atoms with Crippen LogP contribution in [0.2, 0.25) is 0 Å². The maximum absolute atomic E-state index is 11.5. The summed E-state index contributed by atoms with van der Waals surface area (Å²) in [5.41, 5.74) is 0.439. The van der Waals surface area contributed by atoms with Crippen LogP contribution in [-0.4, -0.2) is 48.8 Å². The van der Waals surface area contributed by atoms with Crippen molar-refractivity contribution in [2.24, 2.45) is 0 Å². The summed E-state index contributed by atoms with van der Waals surface area (Å²) in [6.45, 7) is 2.82. The molecule has 0 radical (unpaired) electrons. The molecule has 0 aromatic carbocycles. The van der Waals surface area contributed by atoms with Crippen LogP contribution in [0, 0.1) is 17.0 Å². The van der Waals surface area contributed by atoms with E-state index in [0.29, 0.717) is 29.0 Å². The number of carbonyl (C=O) groups excluding carboxylic acids is 1. The molecule has 114 valence electrons. The molecule has 1 unspecified atom stereocenters. The minimum Gasteiger partial charge on any atom is -0.467 e. The summed E-state index contributed by atoms with van der Waals surface area (Å²) in [7, 11) is 1.30. The van der Waals surface area contributed by atoms with Crippen molar-refractivity contribution < 1.29 is 19.2 Å². The van der Waals surface area contributed by atoms with E-state index in [-0.39, 0.29) is 12.2 Å². The molecular formula is C12H14BrN3O5. The second-order valence-corrected chi connectivity index (χ2v) is 5.28. The summed E-state index contributed by atoms with van der Waals surface area (Å²) >= 11 is 3.34. The number of nitrogens with zero attached hydrogens (tertiary/aromatic N) is 3. The predicted molar refractivity (Wildman–Crippen MR) is 77.3 cm³/mol. The number of hydrogen-bond donors (Lipinski definition) is 0. The molecule has 8 nitrogen and oxygen atoms in total. The first kappa shape index (κ1) is 15.6. The highest BCUT2D eigenvalue weighted by atomic mass is 79.9. The van der Waals surface area contributed by atoms with Gasteiger partial charge in [0.15, 0.2) is 6.10 Å². The van der Waals surface area contributed by atoms with Gasteiger partial charge in [-0.2, -0.15) is 0 Å². The highest BCUT2D eigenvalue weighted by Crippen LogP contribution is 2.33. The lowest BCUT2D eigenvalue weighted by Gasteiger charge is -2.32. The van der Waals surface area contributed by atoms with Crippen molar-refractivity contribution in [2.45, 2.75) is 13.0 Å². The number of anilines is 1. The molecule has 2 heterocycles. The van der Waals surface area contributed by atoms with E-state index < -0.39 is 17.0 Å². The zero-order valence-electron chi connectivity index (χ0n) is 11.5. The molecule has 0 spiro atoms. The SMILES string of the molecule is COC(=O)C1CN(c2ncc([N+](=O)[O-])c(C)c2Br)CCO1. The molecule has 0 amide bonds. The van der Waals surface area contributed by atoms with Gasteiger partial charge in [-0.1, -0.05) is 0 Å². The van der Waals surface area contributed by atoms with Crippen LogP contribution in [0.25, 0.3) is 0 Å². The Kier molecular flexibility index (Phi) is 4.73. The van der Waals surface area contributed by atoms with Gasteiger partial charge in [0.05, 0.1) is 29.7 Å². The Morgan fingerprint density at radius 3 is 3.00 bits per heavy atom. The Morgan fingerprint density at radius 1 is 1.67 bits per heavy atom. The molecule has 0 N–H and O–H groups in total. The number of halogens is 1. The summed E-state index contributed by atoms with van der Waals surface area (Å²) in [4.78, 5) is 27.9. The molecule has 1 fully saturated rings. The van der Waals surface area contributed by atoms with Crippen LogP contribution in [0.1, 0.15) is 5.56 Å². The Hall–Kier alpha value is -1.74. The number of rotatable bonds is 3. The van der Waals surface area contributed by atoms with Crippen molar-refractivity contribution in [2.75, 3.05) is 31.7 Å². The number of pyridine rings is 1. The van der Waals surface area contributed by atoms with Crippen LogP contribution in [0.5, 0.6) is 0 Å². The van der Waals surface area contributed by atoms with Crippen molar-refractivity contribution in [1.29, 1.82) is 0 Å². The summed E-state index contributed by atoms with van der Waals surface area (Å²) < 4.78 is 10.6. The smallest absolute Gasteiger partial charge is 0.336 e. The van der Waals surface area contributed by atoms with Gasteiger partial charge in [0, 0.05) is 12.1 Å². The number of aromatic nitrogens is 1. The fourth-order valence-electron chi connectivity index (χ4n) is 2.08. The summed E-state index contributed by atoms with van der Waals surface area (Å²) in [6.07, 6.45) is 0.533. The quantitative estimate of drug-likeness (QED) is 0.457. The van der Waals surface area contributed by atoms with E-state index in [1.165, 1.54) is 13.3 Å². The van der Waals surface area contributed by atoms with E-state index in [1.54, 1.807) is 6.92 Å². The van der Waals surface area contributed by atoms with Gasteiger partial charge in [-0.25, -0.2) is 9.78 Å². The fourth-order valence-corrected chi connectivity index (χ4v) is 2.63. The topological polar surface area (TPSA) is 94.8 Å². The van der Waals surface area contributed by atoms with E-state index in [0.717, 1.165) is 0 Å². The average molecular weight is 360 g/mol. The number of carbonyl (C=O) groups is 1. The van der Waals surface area contributed by atoms with Gasteiger partial charge < -0.3 is 14.4 Å². The number of nitro groups is 1. The molecule has 1 atom stereocenters. The lowest BCUT2D eigenvalue weighted by molar-refractivity contribution is -0.385. The largest absolute Gasteiger partial charge is 0.467 e. The monoisotopic (exact) mass is 359 g/mol. The lowest BCUT2D eigenvalue weighted by atomic mass is 10.2. The zero-order valence-corrected chi connectivity index (χ0v) is 13.1. The summed E-state index contributed by atoms with van der Waals surface area (Å²) in [6, 6.07) is 0. The van der Waals surface area contributed by atoms with Crippen molar-refractivity contribution in [3.05, 3.63) is 26.3 Å². The molecule has 2 rings (SSSR count). The number of hydrogen-bond acceptors (Lipinski definition) is 7. The molecule has 1 aliphatic rings. The first-order valence-electron chi connectivity index (χ1n) is 6.19. The predicted octanol–water partition coefficient (Wildman–Crippen LogP) is 1.44. The van der Waals surface area contributed by atoms with E-state index >= 15 is 0 Å². The second-order valence-electron chi connectivity index (χ2n) is 4.49. The third-order valence-electron chi connectivity index (χ3n) is 3.25. The van der Waals surface area contributed by atoms with Crippen LogP contribution in [0.15, 0.2) is 10.7 Å². The maximum atomic E-state index is 11.5. The molecule has 1 aromatic rings. The van der Waals surface area contributed by atoms with Crippen molar-refractivity contribution in [3.8, 4) is 0 Å². The normalized spacial score (nSPS) is 18.4. The van der Waals surface area contributed by atoms with Crippen molar-refractivity contribution >= 4 is 33.4 Å². The Morgan fingerprint density at radius 2 is 2.38 bits per heavy atom. The summed E-state index contributed by atoms with van der Waals surface area (Å²) in [5, 5.41) is 10.9. The average Bonchev–Trinajstić information content (AvgIpc) is 2.48. The third kappa shape index (κ3) is 3.13. The Balaban J connectivity index is 2.28. The van der Waals surface area contributed by atoms with Crippen LogP contribution in [-0.2, 0) is 14.3 Å². The van der Waals surface area contributed by atoms with Crippen LogP contribution in [0.3, 0.4) is 0 Å². The molecule has 1 saturated heterocycles. The molecule has 0 aliphatic carbocycles. The van der Waals surface area contributed by atoms with Gasteiger partial charge in [-0.3, -0.25) is 10.1 Å². The lowest BCUT2D eigenvalue weighted by Crippen LogP contribution is -2.47. The van der Waals surface area contributed by atoms with Gasteiger partial charge in [-0.15, -0.1) is 0 Å². The van der Waals surface area contributed by atoms with E-state index in [4.69, 9.17) is 4.74 Å². The standard InChI is InChI=1S/C12H14BrN3O5/c1-7-8(16(18)19)5-14-11(10(7)13)15-3-4-21-9(6-15)12(17)20-2/h5,9H,3-4,6H2,1-2H3. The van der Waals surface area contributed by atoms with E-state index in [9.17, 15) is 14.9 Å².